The van der Waals surface area contributed by atoms with Crippen LogP contribution in [-0.4, -0.2) is 23.0 Å². The lowest BCUT2D eigenvalue weighted by Gasteiger charge is -2.48. The van der Waals surface area contributed by atoms with Crippen LogP contribution in [0.4, 0.5) is 13.2 Å². The predicted octanol–water partition coefficient (Wildman–Crippen LogP) is 5.00. The number of carbonyl (C=O) groups excluding carboxylic acids is 2. The van der Waals surface area contributed by atoms with E-state index < -0.39 is 29.4 Å². The van der Waals surface area contributed by atoms with Crippen molar-refractivity contribution in [2.45, 2.75) is 39.5 Å². The van der Waals surface area contributed by atoms with Crippen LogP contribution in [0.2, 0.25) is 0 Å². The first-order valence-electron chi connectivity index (χ1n) is 9.09. The molecular formula is C22H21F3O4. The minimum absolute atomic E-state index is 0.0820. The van der Waals surface area contributed by atoms with Crippen LogP contribution in [0.25, 0.3) is 0 Å². The Balaban J connectivity index is 2.23. The maximum absolute atomic E-state index is 13.3. The topological polar surface area (TPSA) is 63.6 Å². The van der Waals surface area contributed by atoms with Gasteiger partial charge < -0.3 is 9.84 Å². The maximum Gasteiger partial charge on any atom is 0.573 e. The number of rotatable bonds is 3. The average molecular weight is 406 g/mol. The minimum Gasteiger partial charge on any atom is -0.508 e. The third-order valence-corrected chi connectivity index (χ3v) is 6.10. The summed E-state index contributed by atoms with van der Waals surface area (Å²) in [6.45, 7) is 8.56. The molecule has 29 heavy (non-hydrogen) atoms. The number of phenols is 1. The summed E-state index contributed by atoms with van der Waals surface area (Å²) in [5.74, 6) is -2.77. The van der Waals surface area contributed by atoms with Crippen molar-refractivity contribution in [3.05, 3.63) is 59.2 Å². The van der Waals surface area contributed by atoms with E-state index in [4.69, 9.17) is 0 Å². The second kappa shape index (κ2) is 6.90. The standard InChI is InChI=1S/C22H21F3O4/c1-5-13-6-8-16-19(27)11(2)12(3)20(28)21(16,4)18(13)15-10-14(7-9-17(15)26)29-22(23,24)25/h5-7,9-10,16,18,26H,1,8H2,2-4H3/t16-,18+,21+/m0/s1. The number of fused-ring (bicyclic) bond motifs is 1. The lowest BCUT2D eigenvalue weighted by molar-refractivity contribution is -0.274. The van der Waals surface area contributed by atoms with Crippen LogP contribution in [-0.2, 0) is 9.59 Å². The molecule has 2 aliphatic rings. The molecule has 1 aromatic carbocycles. The second-order valence-electron chi connectivity index (χ2n) is 7.62. The van der Waals surface area contributed by atoms with Crippen molar-refractivity contribution < 1.29 is 32.6 Å². The van der Waals surface area contributed by atoms with Gasteiger partial charge in [0.05, 0.1) is 5.41 Å². The molecule has 2 aliphatic carbocycles. The highest BCUT2D eigenvalue weighted by Gasteiger charge is 2.56. The van der Waals surface area contributed by atoms with Crippen LogP contribution in [0, 0.1) is 11.3 Å². The molecule has 1 N–H and O–H groups in total. The van der Waals surface area contributed by atoms with E-state index in [-0.39, 0.29) is 22.9 Å². The van der Waals surface area contributed by atoms with E-state index in [0.717, 1.165) is 18.2 Å². The number of ether oxygens (including phenoxy) is 1. The highest BCUT2D eigenvalue weighted by molar-refractivity contribution is 6.15. The number of phenolic OH excluding ortho intramolecular Hbond substituents is 1. The number of benzene rings is 1. The summed E-state index contributed by atoms with van der Waals surface area (Å²) in [7, 11) is 0. The number of halogens is 3. The first-order valence-corrected chi connectivity index (χ1v) is 9.09. The van der Waals surface area contributed by atoms with Crippen molar-refractivity contribution >= 4 is 11.6 Å². The van der Waals surface area contributed by atoms with E-state index in [2.05, 4.69) is 11.3 Å². The second-order valence-corrected chi connectivity index (χ2v) is 7.62. The van der Waals surface area contributed by atoms with Crippen LogP contribution < -0.4 is 4.74 Å². The van der Waals surface area contributed by atoms with Crippen LogP contribution >= 0.6 is 0 Å². The van der Waals surface area contributed by atoms with E-state index in [1.54, 1.807) is 26.8 Å². The smallest absolute Gasteiger partial charge is 0.508 e. The van der Waals surface area contributed by atoms with Gasteiger partial charge in [0, 0.05) is 17.4 Å². The van der Waals surface area contributed by atoms with Gasteiger partial charge in [0.2, 0.25) is 0 Å². The van der Waals surface area contributed by atoms with Crippen molar-refractivity contribution in [1.82, 2.24) is 0 Å². The van der Waals surface area contributed by atoms with Gasteiger partial charge in [-0.05, 0) is 55.2 Å². The number of carbonyl (C=O) groups is 2. The Morgan fingerprint density at radius 1 is 1.24 bits per heavy atom. The molecule has 0 aliphatic heterocycles. The molecule has 7 heteroatoms. The van der Waals surface area contributed by atoms with Crippen molar-refractivity contribution in [1.29, 1.82) is 0 Å². The Labute approximate surface area is 166 Å². The Morgan fingerprint density at radius 3 is 2.48 bits per heavy atom. The molecule has 0 fully saturated rings. The molecule has 0 radical (unpaired) electrons. The number of allylic oxidation sites excluding steroid dienone is 5. The lowest BCUT2D eigenvalue weighted by atomic mass is 9.52. The molecule has 0 unspecified atom stereocenters. The molecular weight excluding hydrogens is 385 g/mol. The molecule has 0 saturated carbocycles. The fourth-order valence-electron chi connectivity index (χ4n) is 4.52. The van der Waals surface area contributed by atoms with Crippen LogP contribution in [0.15, 0.2) is 53.6 Å². The van der Waals surface area contributed by atoms with E-state index in [0.29, 0.717) is 23.1 Å². The summed E-state index contributed by atoms with van der Waals surface area (Å²) >= 11 is 0. The van der Waals surface area contributed by atoms with Gasteiger partial charge in [0.1, 0.15) is 11.5 Å². The van der Waals surface area contributed by atoms with Gasteiger partial charge in [0.15, 0.2) is 11.6 Å². The lowest BCUT2D eigenvalue weighted by Crippen LogP contribution is -2.50. The molecule has 3 atom stereocenters. The van der Waals surface area contributed by atoms with Crippen LogP contribution in [0.5, 0.6) is 11.5 Å². The zero-order chi connectivity index (χ0) is 21.7. The van der Waals surface area contributed by atoms with Gasteiger partial charge in [-0.15, -0.1) is 13.2 Å². The summed E-state index contributed by atoms with van der Waals surface area (Å²) in [5.41, 5.74) is 0.0967. The molecule has 0 heterocycles. The van der Waals surface area contributed by atoms with Gasteiger partial charge in [-0.3, -0.25) is 9.59 Å². The number of hydrogen-bond donors (Lipinski definition) is 1. The van der Waals surface area contributed by atoms with Crippen molar-refractivity contribution in [3.8, 4) is 11.5 Å². The van der Waals surface area contributed by atoms with Gasteiger partial charge in [-0.2, -0.15) is 0 Å². The summed E-state index contributed by atoms with van der Waals surface area (Å²) in [6, 6.07) is 3.15. The van der Waals surface area contributed by atoms with Crippen molar-refractivity contribution in [3.63, 3.8) is 0 Å². The Kier molecular flexibility index (Phi) is 4.97. The number of aromatic hydroxyl groups is 1. The largest absolute Gasteiger partial charge is 0.573 e. The molecule has 3 rings (SSSR count). The normalized spacial score (nSPS) is 27.4. The summed E-state index contributed by atoms with van der Waals surface area (Å²) in [5, 5.41) is 10.5. The highest BCUT2D eigenvalue weighted by Crippen LogP contribution is 2.57. The quantitative estimate of drug-likeness (QED) is 0.767. The Morgan fingerprint density at radius 2 is 1.90 bits per heavy atom. The van der Waals surface area contributed by atoms with Gasteiger partial charge in [-0.25, -0.2) is 0 Å². The fraction of sp³-hybridized carbons (Fsp3) is 0.364. The Hall–Kier alpha value is -2.83. The van der Waals surface area contributed by atoms with Crippen LogP contribution in [0.1, 0.15) is 38.7 Å². The SMILES string of the molecule is C=CC1=CC[C@H]2C(=O)C(C)=C(C)C(=O)[C@@]2(C)[C@H]1c1cc(OC(F)(F)F)ccc1O. The van der Waals surface area contributed by atoms with E-state index >= 15 is 0 Å². The first-order chi connectivity index (χ1) is 13.4. The van der Waals surface area contributed by atoms with E-state index in [1.165, 1.54) is 6.08 Å². The third-order valence-electron chi connectivity index (χ3n) is 6.10. The van der Waals surface area contributed by atoms with E-state index in [1.807, 2.05) is 0 Å². The van der Waals surface area contributed by atoms with Gasteiger partial charge >= 0.3 is 6.36 Å². The third kappa shape index (κ3) is 3.28. The number of hydrogen-bond acceptors (Lipinski definition) is 4. The average Bonchev–Trinajstić information content (AvgIpc) is 2.65. The summed E-state index contributed by atoms with van der Waals surface area (Å²) in [4.78, 5) is 26.3. The molecule has 154 valence electrons. The first kappa shape index (κ1) is 20.9. The zero-order valence-corrected chi connectivity index (χ0v) is 16.3. The predicted molar refractivity (Wildman–Crippen MR) is 100 cm³/mol. The molecule has 4 nitrogen and oxygen atoms in total. The summed E-state index contributed by atoms with van der Waals surface area (Å²) in [6.07, 6.45) is -1.35. The van der Waals surface area contributed by atoms with Crippen molar-refractivity contribution in [2.24, 2.45) is 11.3 Å². The Bertz CT molecular complexity index is 971. The zero-order valence-electron chi connectivity index (χ0n) is 16.3. The number of alkyl halides is 3. The maximum atomic E-state index is 13.3. The molecule has 0 saturated heterocycles. The fourth-order valence-corrected chi connectivity index (χ4v) is 4.52. The van der Waals surface area contributed by atoms with E-state index in [9.17, 15) is 27.9 Å². The summed E-state index contributed by atoms with van der Waals surface area (Å²) < 4.78 is 42.1. The molecule has 1 aromatic rings. The minimum atomic E-state index is -4.91. The number of Topliss-reactive ketones (excluding diaryl/α,β-unsaturated/α-hetero) is 2. The molecule has 0 aromatic heterocycles. The highest BCUT2D eigenvalue weighted by atomic mass is 19.4. The van der Waals surface area contributed by atoms with Crippen molar-refractivity contribution in [2.75, 3.05) is 0 Å². The van der Waals surface area contributed by atoms with Gasteiger partial charge in [-0.1, -0.05) is 25.7 Å². The van der Waals surface area contributed by atoms with Gasteiger partial charge in [0.25, 0.3) is 0 Å². The number of ketones is 2. The monoisotopic (exact) mass is 406 g/mol. The molecule has 0 amide bonds. The van der Waals surface area contributed by atoms with Crippen LogP contribution in [0.3, 0.4) is 0 Å². The molecule has 0 spiro atoms. The molecule has 0 bridgehead atoms.